The molecule has 0 saturated heterocycles. The predicted molar refractivity (Wildman–Crippen MR) is 87.3 cm³/mol. The van der Waals surface area contributed by atoms with Crippen LogP contribution in [0, 0.1) is 0 Å². The van der Waals surface area contributed by atoms with Gasteiger partial charge in [-0.25, -0.2) is 0 Å². The zero-order valence-electron chi connectivity index (χ0n) is 12.6. The van der Waals surface area contributed by atoms with E-state index in [2.05, 4.69) is 65.2 Å². The van der Waals surface area contributed by atoms with Gasteiger partial charge in [0.05, 0.1) is 12.2 Å². The second-order valence-electron chi connectivity index (χ2n) is 5.69. The van der Waals surface area contributed by atoms with Gasteiger partial charge in [0.25, 0.3) is 0 Å². The van der Waals surface area contributed by atoms with Gasteiger partial charge in [0.1, 0.15) is 0 Å². The quantitative estimate of drug-likeness (QED) is 0.773. The van der Waals surface area contributed by atoms with Crippen molar-refractivity contribution in [3.8, 4) is 0 Å². The van der Waals surface area contributed by atoms with Gasteiger partial charge < -0.3 is 9.88 Å². The summed E-state index contributed by atoms with van der Waals surface area (Å²) in [4.78, 5) is 4.40. The maximum Gasteiger partial charge on any atom is 0.0648 e. The smallest absolute Gasteiger partial charge is 0.0648 e. The van der Waals surface area contributed by atoms with E-state index >= 15 is 0 Å². The molecule has 0 bridgehead atoms. The number of rotatable bonds is 5. The third-order valence-corrected chi connectivity index (χ3v) is 3.61. The van der Waals surface area contributed by atoms with Crippen molar-refractivity contribution < 1.29 is 0 Å². The summed E-state index contributed by atoms with van der Waals surface area (Å²) in [7, 11) is 0. The van der Waals surface area contributed by atoms with Gasteiger partial charge in [-0.15, -0.1) is 0 Å². The summed E-state index contributed by atoms with van der Waals surface area (Å²) in [6, 6.07) is 15.4. The standard InChI is InChI=1S/C18H21N3/c1-14(2)20-12-15-6-7-18-16(11-15)8-10-21(18)13-17-5-3-4-9-19-17/h3-11,14,20H,12-13H2,1-2H3. The van der Waals surface area contributed by atoms with Crippen LogP contribution in [0.25, 0.3) is 10.9 Å². The number of pyridine rings is 1. The van der Waals surface area contributed by atoms with Crippen molar-refractivity contribution in [2.75, 3.05) is 0 Å². The summed E-state index contributed by atoms with van der Waals surface area (Å²) in [5, 5.41) is 4.74. The normalized spacial score (nSPS) is 11.4. The summed E-state index contributed by atoms with van der Waals surface area (Å²) in [6.07, 6.45) is 3.98. The fourth-order valence-electron chi connectivity index (χ4n) is 2.49. The molecule has 2 aromatic heterocycles. The Kier molecular flexibility index (Phi) is 4.02. The average Bonchev–Trinajstić information content (AvgIpc) is 2.89. The van der Waals surface area contributed by atoms with E-state index in [0.29, 0.717) is 6.04 Å². The highest BCUT2D eigenvalue weighted by Gasteiger charge is 2.04. The molecule has 1 aromatic carbocycles. The molecule has 0 radical (unpaired) electrons. The van der Waals surface area contributed by atoms with Crippen molar-refractivity contribution in [3.63, 3.8) is 0 Å². The molecule has 21 heavy (non-hydrogen) atoms. The van der Waals surface area contributed by atoms with Crippen LogP contribution in [0.15, 0.2) is 54.9 Å². The third-order valence-electron chi connectivity index (χ3n) is 3.61. The lowest BCUT2D eigenvalue weighted by molar-refractivity contribution is 0.589. The Morgan fingerprint density at radius 1 is 1.14 bits per heavy atom. The molecular formula is C18H21N3. The molecule has 2 heterocycles. The van der Waals surface area contributed by atoms with Gasteiger partial charge in [-0.2, -0.15) is 0 Å². The molecule has 0 fully saturated rings. The van der Waals surface area contributed by atoms with Crippen molar-refractivity contribution in [1.82, 2.24) is 14.9 Å². The summed E-state index contributed by atoms with van der Waals surface area (Å²) in [5.41, 5.74) is 3.67. The Bertz CT molecular complexity index is 714. The summed E-state index contributed by atoms with van der Waals surface area (Å²) < 4.78 is 2.25. The lowest BCUT2D eigenvalue weighted by Gasteiger charge is -2.09. The van der Waals surface area contributed by atoms with E-state index in [1.165, 1.54) is 16.5 Å². The number of benzene rings is 1. The number of nitrogens with zero attached hydrogens (tertiary/aromatic N) is 2. The van der Waals surface area contributed by atoms with Crippen molar-refractivity contribution in [3.05, 3.63) is 66.1 Å². The first-order valence-electron chi connectivity index (χ1n) is 7.43. The maximum atomic E-state index is 4.40. The van der Waals surface area contributed by atoms with E-state index in [1.54, 1.807) is 0 Å². The van der Waals surface area contributed by atoms with E-state index in [0.717, 1.165) is 18.8 Å². The van der Waals surface area contributed by atoms with Crippen molar-refractivity contribution >= 4 is 10.9 Å². The largest absolute Gasteiger partial charge is 0.341 e. The van der Waals surface area contributed by atoms with Gasteiger partial charge in [0.15, 0.2) is 0 Å². The fraction of sp³-hybridized carbons (Fsp3) is 0.278. The van der Waals surface area contributed by atoms with E-state index < -0.39 is 0 Å². The first-order valence-corrected chi connectivity index (χ1v) is 7.43. The van der Waals surface area contributed by atoms with Crippen molar-refractivity contribution in [2.45, 2.75) is 33.0 Å². The van der Waals surface area contributed by atoms with Crippen LogP contribution < -0.4 is 5.32 Å². The lowest BCUT2D eigenvalue weighted by Crippen LogP contribution is -2.21. The Balaban J connectivity index is 1.82. The molecule has 0 aliphatic carbocycles. The highest BCUT2D eigenvalue weighted by atomic mass is 15.0. The minimum atomic E-state index is 0.509. The fourth-order valence-corrected chi connectivity index (χ4v) is 2.49. The van der Waals surface area contributed by atoms with Crippen molar-refractivity contribution in [1.29, 1.82) is 0 Å². The predicted octanol–water partition coefficient (Wildman–Crippen LogP) is 3.58. The van der Waals surface area contributed by atoms with Gasteiger partial charge in [0, 0.05) is 30.5 Å². The Hall–Kier alpha value is -2.13. The van der Waals surface area contributed by atoms with E-state index in [-0.39, 0.29) is 0 Å². The highest BCUT2D eigenvalue weighted by molar-refractivity contribution is 5.81. The minimum absolute atomic E-state index is 0.509. The SMILES string of the molecule is CC(C)NCc1ccc2c(ccn2Cc2ccccn2)c1. The van der Waals surface area contributed by atoms with Gasteiger partial charge >= 0.3 is 0 Å². The average molecular weight is 279 g/mol. The molecule has 3 heteroatoms. The number of fused-ring (bicyclic) bond motifs is 1. The molecule has 0 amide bonds. The summed E-state index contributed by atoms with van der Waals surface area (Å²) >= 11 is 0. The highest BCUT2D eigenvalue weighted by Crippen LogP contribution is 2.18. The number of hydrogen-bond donors (Lipinski definition) is 1. The molecule has 0 atom stereocenters. The molecule has 3 rings (SSSR count). The Morgan fingerprint density at radius 3 is 2.81 bits per heavy atom. The van der Waals surface area contributed by atoms with Crippen LogP contribution in [-0.4, -0.2) is 15.6 Å². The Morgan fingerprint density at radius 2 is 2.05 bits per heavy atom. The van der Waals surface area contributed by atoms with Crippen LogP contribution in [0.1, 0.15) is 25.1 Å². The first kappa shape index (κ1) is 13.8. The molecule has 1 N–H and O–H groups in total. The van der Waals surface area contributed by atoms with Crippen LogP contribution in [0.3, 0.4) is 0 Å². The molecule has 3 aromatic rings. The topological polar surface area (TPSA) is 29.9 Å². The molecule has 0 aliphatic rings. The monoisotopic (exact) mass is 279 g/mol. The maximum absolute atomic E-state index is 4.40. The number of aromatic nitrogens is 2. The van der Waals surface area contributed by atoms with E-state index in [9.17, 15) is 0 Å². The number of hydrogen-bond acceptors (Lipinski definition) is 2. The van der Waals surface area contributed by atoms with Crippen LogP contribution in [-0.2, 0) is 13.1 Å². The van der Waals surface area contributed by atoms with E-state index in [4.69, 9.17) is 0 Å². The second-order valence-corrected chi connectivity index (χ2v) is 5.69. The summed E-state index contributed by atoms with van der Waals surface area (Å²) in [6.45, 7) is 6.07. The molecule has 108 valence electrons. The minimum Gasteiger partial charge on any atom is -0.341 e. The molecule has 0 spiro atoms. The zero-order chi connectivity index (χ0) is 14.7. The summed E-state index contributed by atoms with van der Waals surface area (Å²) in [5.74, 6) is 0. The van der Waals surface area contributed by atoms with Crippen LogP contribution in [0.4, 0.5) is 0 Å². The number of nitrogens with one attached hydrogen (secondary N) is 1. The third kappa shape index (κ3) is 3.31. The van der Waals surface area contributed by atoms with Crippen LogP contribution in [0.2, 0.25) is 0 Å². The Labute approximate surface area is 125 Å². The van der Waals surface area contributed by atoms with Gasteiger partial charge in [-0.1, -0.05) is 26.0 Å². The molecule has 0 saturated carbocycles. The molecule has 0 aliphatic heterocycles. The van der Waals surface area contributed by atoms with Gasteiger partial charge in [-0.05, 0) is 41.3 Å². The van der Waals surface area contributed by atoms with Crippen LogP contribution >= 0.6 is 0 Å². The second kappa shape index (κ2) is 6.10. The van der Waals surface area contributed by atoms with Gasteiger partial charge in [0.2, 0.25) is 0 Å². The first-order chi connectivity index (χ1) is 10.2. The van der Waals surface area contributed by atoms with Gasteiger partial charge in [-0.3, -0.25) is 4.98 Å². The van der Waals surface area contributed by atoms with Crippen LogP contribution in [0.5, 0.6) is 0 Å². The lowest BCUT2D eigenvalue weighted by atomic mass is 10.1. The molecule has 3 nitrogen and oxygen atoms in total. The molecular weight excluding hydrogens is 258 g/mol. The zero-order valence-corrected chi connectivity index (χ0v) is 12.6. The molecule has 0 unspecified atom stereocenters. The van der Waals surface area contributed by atoms with E-state index in [1.807, 2.05) is 18.3 Å². The van der Waals surface area contributed by atoms with Crippen molar-refractivity contribution in [2.24, 2.45) is 0 Å².